The van der Waals surface area contributed by atoms with E-state index in [-0.39, 0.29) is 23.4 Å². The number of Topliss-reactive ketones (excluding diaryl/α,β-unsaturated/α-hetero) is 1. The predicted molar refractivity (Wildman–Crippen MR) is 126 cm³/mol. The summed E-state index contributed by atoms with van der Waals surface area (Å²) in [4.78, 5) is 29.4. The zero-order chi connectivity index (χ0) is 24.1. The van der Waals surface area contributed by atoms with Crippen LogP contribution in [-0.2, 0) is 9.59 Å². The molecule has 1 N–H and O–H groups in total. The van der Waals surface area contributed by atoms with Gasteiger partial charge in [-0.2, -0.15) is 0 Å². The Morgan fingerprint density at radius 3 is 2.55 bits per heavy atom. The first-order chi connectivity index (χ1) is 15.8. The maximum Gasteiger partial charge on any atom is 0.295 e. The van der Waals surface area contributed by atoms with Crippen LogP contribution in [0.3, 0.4) is 0 Å². The summed E-state index contributed by atoms with van der Waals surface area (Å²) in [6, 6.07) is 10.2. The summed E-state index contributed by atoms with van der Waals surface area (Å²) in [6.45, 7) is 5.33. The minimum absolute atomic E-state index is 0.0970. The molecule has 1 fully saturated rings. The van der Waals surface area contributed by atoms with Crippen molar-refractivity contribution in [1.29, 1.82) is 0 Å². The minimum Gasteiger partial charge on any atom is -0.507 e. The highest BCUT2D eigenvalue weighted by Gasteiger charge is 2.46. The van der Waals surface area contributed by atoms with Crippen molar-refractivity contribution in [1.82, 2.24) is 9.80 Å². The fourth-order valence-corrected chi connectivity index (χ4v) is 4.04. The predicted octanol–water partition coefficient (Wildman–Crippen LogP) is 4.30. The smallest absolute Gasteiger partial charge is 0.295 e. The number of aryl methyl sites for hydroxylation is 1. The highest BCUT2D eigenvalue weighted by molar-refractivity contribution is 6.46. The molecule has 1 heterocycles. The van der Waals surface area contributed by atoms with E-state index >= 15 is 0 Å². The minimum atomic E-state index is -0.996. The van der Waals surface area contributed by atoms with Crippen LogP contribution in [-0.4, -0.2) is 60.4 Å². The van der Waals surface area contributed by atoms with Crippen LogP contribution < -0.4 is 4.74 Å². The van der Waals surface area contributed by atoms with Crippen LogP contribution in [0.15, 0.2) is 48.0 Å². The van der Waals surface area contributed by atoms with Gasteiger partial charge >= 0.3 is 0 Å². The van der Waals surface area contributed by atoms with E-state index in [0.717, 1.165) is 6.42 Å². The van der Waals surface area contributed by atoms with E-state index in [1.807, 2.05) is 25.9 Å². The van der Waals surface area contributed by atoms with E-state index < -0.39 is 23.5 Å². The van der Waals surface area contributed by atoms with E-state index in [1.54, 1.807) is 43.3 Å². The monoisotopic (exact) mass is 454 g/mol. The molecule has 0 unspecified atom stereocenters. The Kier molecular flexibility index (Phi) is 7.87. The molecule has 1 aliphatic rings. The highest BCUT2D eigenvalue weighted by atomic mass is 19.1. The maximum atomic E-state index is 14.8. The highest BCUT2D eigenvalue weighted by Crippen LogP contribution is 2.41. The molecule has 0 saturated carbocycles. The molecular weight excluding hydrogens is 423 g/mol. The van der Waals surface area contributed by atoms with Gasteiger partial charge in [0.1, 0.15) is 17.3 Å². The first kappa shape index (κ1) is 24.5. The van der Waals surface area contributed by atoms with Gasteiger partial charge in [0.15, 0.2) is 0 Å². The fourth-order valence-electron chi connectivity index (χ4n) is 4.04. The summed E-state index contributed by atoms with van der Waals surface area (Å²) >= 11 is 0. The summed E-state index contributed by atoms with van der Waals surface area (Å²) in [5, 5.41) is 11.2. The molecule has 7 heteroatoms. The number of aliphatic hydroxyl groups excluding tert-OH is 1. The number of likely N-dealkylation sites (tertiary alicyclic amines) is 1. The number of hydrogen-bond donors (Lipinski definition) is 1. The molecule has 1 saturated heterocycles. The van der Waals surface area contributed by atoms with Gasteiger partial charge in [-0.25, -0.2) is 4.39 Å². The molecule has 0 aliphatic carbocycles. The average Bonchev–Trinajstić information content (AvgIpc) is 3.02. The van der Waals surface area contributed by atoms with Crippen molar-refractivity contribution in [2.24, 2.45) is 0 Å². The molecule has 1 atom stereocenters. The first-order valence-corrected chi connectivity index (χ1v) is 11.2. The van der Waals surface area contributed by atoms with Gasteiger partial charge in [0, 0.05) is 17.7 Å². The number of amides is 1. The van der Waals surface area contributed by atoms with Crippen LogP contribution in [0.4, 0.5) is 4.39 Å². The Morgan fingerprint density at radius 2 is 1.91 bits per heavy atom. The molecule has 2 aromatic carbocycles. The van der Waals surface area contributed by atoms with Gasteiger partial charge in [-0.05, 0) is 70.2 Å². The third-order valence-corrected chi connectivity index (χ3v) is 5.67. The number of carbonyl (C=O) groups is 2. The molecule has 3 rings (SSSR count). The van der Waals surface area contributed by atoms with Crippen molar-refractivity contribution in [2.75, 3.05) is 33.8 Å². The summed E-state index contributed by atoms with van der Waals surface area (Å²) in [7, 11) is 3.83. The molecule has 33 heavy (non-hydrogen) atoms. The number of nitrogens with zero attached hydrogens (tertiary/aromatic N) is 2. The van der Waals surface area contributed by atoms with Crippen molar-refractivity contribution in [2.45, 2.75) is 32.7 Å². The molecule has 1 aliphatic heterocycles. The van der Waals surface area contributed by atoms with Gasteiger partial charge in [0.2, 0.25) is 0 Å². The SMILES string of the molecule is CCCOc1ccc(C(O)=C2C(=O)C(=O)N(CCCN(C)C)[C@H]2c2ccccc2F)c(C)c1. The van der Waals surface area contributed by atoms with Crippen molar-refractivity contribution < 1.29 is 23.8 Å². The van der Waals surface area contributed by atoms with Crippen LogP contribution in [0.25, 0.3) is 5.76 Å². The van der Waals surface area contributed by atoms with Gasteiger partial charge in [-0.15, -0.1) is 0 Å². The molecule has 6 nitrogen and oxygen atoms in total. The Labute approximate surface area is 194 Å². The number of hydrogen-bond acceptors (Lipinski definition) is 5. The number of carbonyl (C=O) groups excluding carboxylic acids is 2. The summed E-state index contributed by atoms with van der Waals surface area (Å²) in [5.41, 5.74) is 1.18. The van der Waals surface area contributed by atoms with E-state index in [4.69, 9.17) is 4.74 Å². The lowest BCUT2D eigenvalue weighted by molar-refractivity contribution is -0.140. The quantitative estimate of drug-likeness (QED) is 0.348. The average molecular weight is 455 g/mol. The van der Waals surface area contributed by atoms with E-state index in [1.165, 1.54) is 11.0 Å². The van der Waals surface area contributed by atoms with Gasteiger partial charge in [-0.3, -0.25) is 9.59 Å². The fraction of sp³-hybridized carbons (Fsp3) is 0.385. The molecule has 176 valence electrons. The standard InChI is InChI=1S/C26H31FN2O4/c1-5-15-33-18-11-12-19(17(2)16-18)24(30)22-23(20-9-6-7-10-21(20)27)29(26(32)25(22)31)14-8-13-28(3)4/h6-7,9-12,16,23,30H,5,8,13-15H2,1-4H3/t23-/m0/s1. The zero-order valence-corrected chi connectivity index (χ0v) is 19.6. The third kappa shape index (κ3) is 5.25. The lowest BCUT2D eigenvalue weighted by atomic mass is 9.93. The van der Waals surface area contributed by atoms with Crippen LogP contribution in [0.1, 0.15) is 42.5 Å². The number of ether oxygens (including phenoxy) is 1. The largest absolute Gasteiger partial charge is 0.507 e. The van der Waals surface area contributed by atoms with E-state index in [2.05, 4.69) is 0 Å². The Morgan fingerprint density at radius 1 is 1.18 bits per heavy atom. The summed E-state index contributed by atoms with van der Waals surface area (Å²) < 4.78 is 20.5. The second-order valence-electron chi connectivity index (χ2n) is 8.50. The van der Waals surface area contributed by atoms with Crippen molar-refractivity contribution in [3.8, 4) is 5.75 Å². The van der Waals surface area contributed by atoms with Gasteiger partial charge in [-0.1, -0.05) is 25.1 Å². The van der Waals surface area contributed by atoms with Crippen LogP contribution in [0.5, 0.6) is 5.75 Å². The van der Waals surface area contributed by atoms with Gasteiger partial charge in [0.05, 0.1) is 18.2 Å². The number of halogens is 1. The number of rotatable bonds is 9. The second-order valence-corrected chi connectivity index (χ2v) is 8.50. The van der Waals surface area contributed by atoms with Crippen molar-refractivity contribution in [3.05, 3.63) is 70.5 Å². The lowest BCUT2D eigenvalue weighted by Gasteiger charge is -2.26. The van der Waals surface area contributed by atoms with Gasteiger partial charge < -0.3 is 19.6 Å². The maximum absolute atomic E-state index is 14.8. The molecule has 0 spiro atoms. The van der Waals surface area contributed by atoms with E-state index in [0.29, 0.717) is 36.4 Å². The molecule has 0 radical (unpaired) electrons. The Balaban J connectivity index is 2.09. The molecule has 0 bridgehead atoms. The molecule has 1 amide bonds. The van der Waals surface area contributed by atoms with E-state index in [9.17, 15) is 19.1 Å². The normalized spacial score (nSPS) is 17.8. The molecule has 2 aromatic rings. The number of ketones is 1. The van der Waals surface area contributed by atoms with Crippen LogP contribution in [0.2, 0.25) is 0 Å². The number of aliphatic hydroxyl groups is 1. The third-order valence-electron chi connectivity index (χ3n) is 5.67. The Hall–Kier alpha value is -3.19. The second kappa shape index (κ2) is 10.6. The van der Waals surface area contributed by atoms with Gasteiger partial charge in [0.25, 0.3) is 11.7 Å². The van der Waals surface area contributed by atoms with Crippen LogP contribution >= 0.6 is 0 Å². The molecule has 0 aromatic heterocycles. The summed E-state index contributed by atoms with van der Waals surface area (Å²) in [5.74, 6) is -1.73. The van der Waals surface area contributed by atoms with Crippen molar-refractivity contribution >= 4 is 17.4 Å². The van der Waals surface area contributed by atoms with Crippen LogP contribution in [0, 0.1) is 12.7 Å². The van der Waals surface area contributed by atoms with Crippen molar-refractivity contribution in [3.63, 3.8) is 0 Å². The topological polar surface area (TPSA) is 70.1 Å². The zero-order valence-electron chi connectivity index (χ0n) is 19.6. The Bertz CT molecular complexity index is 1060. The first-order valence-electron chi connectivity index (χ1n) is 11.2. The lowest BCUT2D eigenvalue weighted by Crippen LogP contribution is -2.32. The summed E-state index contributed by atoms with van der Waals surface area (Å²) in [6.07, 6.45) is 1.47. The molecular formula is C26H31FN2O4. The number of benzene rings is 2.